The molecule has 0 radical (unpaired) electrons. The minimum atomic E-state index is -0.444. The van der Waals surface area contributed by atoms with Crippen LogP contribution in [-0.2, 0) is 28.4 Å². The molecule has 0 amide bonds. The lowest BCUT2D eigenvalue weighted by molar-refractivity contribution is -0.145. The molecule has 208 valence electrons. The normalized spacial score (nSPS) is 37.8. The summed E-state index contributed by atoms with van der Waals surface area (Å²) < 4.78 is 33.5. The van der Waals surface area contributed by atoms with E-state index in [1.807, 2.05) is 67.5 Å². The molecule has 8 atom stereocenters. The average molecular weight is 501 g/mol. The fraction of sp³-hybridized carbons (Fsp3) is 0.862. The van der Waals surface area contributed by atoms with Gasteiger partial charge in [-0.2, -0.15) is 0 Å². The Morgan fingerprint density at radius 3 is 1.03 bits per heavy atom. The molecular formula is C29H56O6. The Balaban J connectivity index is 0.000000477. The zero-order chi connectivity index (χ0) is 26.1. The third-order valence-corrected chi connectivity index (χ3v) is 5.08. The number of hydrogen-bond donors (Lipinski definition) is 0. The van der Waals surface area contributed by atoms with Gasteiger partial charge < -0.3 is 28.4 Å². The van der Waals surface area contributed by atoms with Crippen LogP contribution in [0.3, 0.4) is 0 Å². The van der Waals surface area contributed by atoms with Crippen LogP contribution in [0.1, 0.15) is 103 Å². The van der Waals surface area contributed by atoms with Gasteiger partial charge in [-0.15, -0.1) is 0 Å². The largest absolute Gasteiger partial charge is 0.362 e. The molecular weight excluding hydrogens is 444 g/mol. The maximum absolute atomic E-state index is 5.71. The summed E-state index contributed by atoms with van der Waals surface area (Å²) in [6, 6.07) is 0. The number of epoxide rings is 2. The van der Waals surface area contributed by atoms with Crippen molar-refractivity contribution in [2.24, 2.45) is 0 Å². The van der Waals surface area contributed by atoms with E-state index < -0.39 is 11.6 Å². The first kappa shape index (κ1) is 34.2. The molecule has 0 aromatic carbocycles. The van der Waals surface area contributed by atoms with E-state index in [9.17, 15) is 0 Å². The second kappa shape index (κ2) is 15.5. The molecule has 0 aromatic rings. The van der Waals surface area contributed by atoms with E-state index in [1.165, 1.54) is 12.8 Å². The molecule has 0 spiro atoms. The van der Waals surface area contributed by atoms with Crippen LogP contribution in [-0.4, -0.2) is 60.4 Å². The summed E-state index contributed by atoms with van der Waals surface area (Å²) >= 11 is 0. The molecule has 4 fully saturated rings. The van der Waals surface area contributed by atoms with Crippen molar-refractivity contribution in [1.82, 2.24) is 0 Å². The van der Waals surface area contributed by atoms with Crippen LogP contribution in [0.5, 0.6) is 0 Å². The Morgan fingerprint density at radius 1 is 0.486 bits per heavy atom. The Morgan fingerprint density at radius 2 is 0.743 bits per heavy atom. The van der Waals surface area contributed by atoms with E-state index >= 15 is 0 Å². The van der Waals surface area contributed by atoms with Crippen molar-refractivity contribution in [3.05, 3.63) is 24.3 Å². The predicted octanol–water partition coefficient (Wildman–Crippen LogP) is 7.21. The van der Waals surface area contributed by atoms with Crippen molar-refractivity contribution < 1.29 is 28.4 Å². The van der Waals surface area contributed by atoms with Crippen molar-refractivity contribution in [2.75, 3.05) is 0 Å². The highest BCUT2D eigenvalue weighted by Crippen LogP contribution is 2.43. The predicted molar refractivity (Wildman–Crippen MR) is 145 cm³/mol. The zero-order valence-corrected chi connectivity index (χ0v) is 23.8. The molecule has 0 N–H and O–H groups in total. The highest BCUT2D eigenvalue weighted by molar-refractivity contribution is 5.19. The number of rotatable bonds is 0. The van der Waals surface area contributed by atoms with Gasteiger partial charge in [-0.3, -0.25) is 0 Å². The lowest BCUT2D eigenvalue weighted by atomic mass is 10.0. The molecule has 4 aliphatic heterocycles. The first-order chi connectivity index (χ1) is 16.1. The lowest BCUT2D eigenvalue weighted by Gasteiger charge is -2.15. The number of ether oxygens (including phenoxy) is 6. The summed E-state index contributed by atoms with van der Waals surface area (Å²) in [5, 5.41) is 0. The van der Waals surface area contributed by atoms with Gasteiger partial charge in [0.2, 0.25) is 0 Å². The smallest absolute Gasteiger partial charge is 0.164 e. The van der Waals surface area contributed by atoms with Crippen molar-refractivity contribution in [1.29, 1.82) is 0 Å². The number of hydrogen-bond acceptors (Lipinski definition) is 6. The second-order valence-electron chi connectivity index (χ2n) is 9.44. The fourth-order valence-electron chi connectivity index (χ4n) is 3.99. The summed E-state index contributed by atoms with van der Waals surface area (Å²) in [4.78, 5) is 0. The molecule has 35 heavy (non-hydrogen) atoms. The van der Waals surface area contributed by atoms with E-state index in [4.69, 9.17) is 28.4 Å². The van der Waals surface area contributed by atoms with E-state index in [2.05, 4.69) is 39.8 Å². The van der Waals surface area contributed by atoms with Crippen LogP contribution in [0, 0.1) is 0 Å². The molecule has 6 rings (SSSR count). The van der Waals surface area contributed by atoms with E-state index in [0.717, 1.165) is 0 Å². The van der Waals surface area contributed by atoms with Crippen LogP contribution >= 0.6 is 0 Å². The Hall–Kier alpha value is -0.760. The van der Waals surface area contributed by atoms with Gasteiger partial charge in [-0.25, -0.2) is 0 Å². The van der Waals surface area contributed by atoms with Crippen LogP contribution < -0.4 is 0 Å². The van der Waals surface area contributed by atoms with Crippen LogP contribution in [0.15, 0.2) is 24.3 Å². The standard InChI is InChI=1S/2C9H12O3.2C3H8.2C2H6.CH4/c2*1-9(2)11-6-4-3-5-7(10-5)8(6)12-9;2*1-3-2;2*1-2;/h2*3-8H,1-2H3;2*3H2,1-2H3;2*1-2H3;1H4/t5?,6-,7?,8-;5?,6-,7-,8-;;;;;/m01...../s1. The molecule has 4 saturated heterocycles. The number of fused-ring (bicyclic) bond motifs is 6. The van der Waals surface area contributed by atoms with Crippen molar-refractivity contribution >= 4 is 0 Å². The Bertz CT molecular complexity index is 575. The lowest BCUT2D eigenvalue weighted by Crippen LogP contribution is -2.30. The third-order valence-electron chi connectivity index (χ3n) is 5.08. The monoisotopic (exact) mass is 500 g/mol. The second-order valence-corrected chi connectivity index (χ2v) is 9.44. The minimum absolute atomic E-state index is 0. The van der Waals surface area contributed by atoms with Gasteiger partial charge in [0.1, 0.15) is 48.8 Å². The van der Waals surface area contributed by atoms with Gasteiger partial charge in [-0.1, -0.05) is 100.0 Å². The average Bonchev–Trinajstić information content (AvgIpc) is 3.69. The maximum Gasteiger partial charge on any atom is 0.164 e. The molecule has 2 aliphatic carbocycles. The van der Waals surface area contributed by atoms with Gasteiger partial charge in [0, 0.05) is 0 Å². The zero-order valence-electron chi connectivity index (χ0n) is 23.8. The molecule has 0 aromatic heterocycles. The fourth-order valence-corrected chi connectivity index (χ4v) is 3.99. The molecule has 6 heteroatoms. The van der Waals surface area contributed by atoms with Gasteiger partial charge in [0.05, 0.1) is 0 Å². The summed E-state index contributed by atoms with van der Waals surface area (Å²) in [7, 11) is 0. The van der Waals surface area contributed by atoms with E-state index in [1.54, 1.807) is 0 Å². The van der Waals surface area contributed by atoms with Crippen LogP contribution in [0.25, 0.3) is 0 Å². The third kappa shape index (κ3) is 9.90. The van der Waals surface area contributed by atoms with Crippen molar-refractivity contribution in [2.45, 2.75) is 164 Å². The Kier molecular flexibility index (Phi) is 15.1. The van der Waals surface area contributed by atoms with Gasteiger partial charge >= 0.3 is 0 Å². The SMILES string of the molecule is C.CC.CC.CC1(C)O[C@H]2C=CC3OC3[C@H]2O1.CC1(C)O[C@H]2[C@@H]3OC3C=C[C@H]2O1.CCC.CCC. The van der Waals surface area contributed by atoms with Crippen LogP contribution in [0.2, 0.25) is 0 Å². The highest BCUT2D eigenvalue weighted by atomic mass is 16.8. The topological polar surface area (TPSA) is 62.0 Å². The van der Waals surface area contributed by atoms with Crippen molar-refractivity contribution in [3.8, 4) is 0 Å². The van der Waals surface area contributed by atoms with Gasteiger partial charge in [-0.05, 0) is 27.7 Å². The highest BCUT2D eigenvalue weighted by Gasteiger charge is 2.57. The molecule has 3 unspecified atom stereocenters. The molecule has 0 saturated carbocycles. The summed E-state index contributed by atoms with van der Waals surface area (Å²) in [6.45, 7) is 24.3. The van der Waals surface area contributed by atoms with Gasteiger partial charge in [0.15, 0.2) is 11.6 Å². The molecule has 0 bridgehead atoms. The minimum Gasteiger partial charge on any atom is -0.362 e. The molecule has 6 aliphatic rings. The van der Waals surface area contributed by atoms with E-state index in [0.29, 0.717) is 12.2 Å². The maximum atomic E-state index is 5.71. The quantitative estimate of drug-likeness (QED) is 0.259. The van der Waals surface area contributed by atoms with Crippen molar-refractivity contribution in [3.63, 3.8) is 0 Å². The first-order valence-electron chi connectivity index (χ1n) is 13.5. The van der Waals surface area contributed by atoms with Crippen LogP contribution in [0.4, 0.5) is 0 Å². The summed E-state index contributed by atoms with van der Waals surface area (Å²) in [6.07, 6.45) is 12.3. The summed E-state index contributed by atoms with van der Waals surface area (Å²) in [5.41, 5.74) is 0. The molecule has 6 nitrogen and oxygen atoms in total. The summed E-state index contributed by atoms with van der Waals surface area (Å²) in [5.74, 6) is -0.888. The molecule has 4 heterocycles. The first-order valence-corrected chi connectivity index (χ1v) is 13.5. The van der Waals surface area contributed by atoms with Gasteiger partial charge in [0.25, 0.3) is 0 Å². The Labute approximate surface area is 216 Å². The van der Waals surface area contributed by atoms with E-state index in [-0.39, 0.29) is 44.1 Å².